The van der Waals surface area contributed by atoms with Crippen molar-refractivity contribution in [3.05, 3.63) is 23.9 Å². The third-order valence-electron chi connectivity index (χ3n) is 3.56. The number of carbonyl (C=O) groups excluding carboxylic acids is 1. The van der Waals surface area contributed by atoms with Gasteiger partial charge in [0.2, 0.25) is 0 Å². The minimum atomic E-state index is -0.318. The van der Waals surface area contributed by atoms with Crippen LogP contribution in [0.25, 0.3) is 0 Å². The second-order valence-electron chi connectivity index (χ2n) is 4.75. The molecule has 0 aliphatic heterocycles. The van der Waals surface area contributed by atoms with Crippen LogP contribution in [0.2, 0.25) is 0 Å². The number of ether oxygens (including phenoxy) is 1. The Morgan fingerprint density at radius 3 is 2.79 bits per heavy atom. The van der Waals surface area contributed by atoms with Crippen LogP contribution >= 0.6 is 11.8 Å². The predicted octanol–water partition coefficient (Wildman–Crippen LogP) is 2.96. The highest BCUT2D eigenvalue weighted by atomic mass is 32.2. The van der Waals surface area contributed by atoms with Gasteiger partial charge in [-0.05, 0) is 38.2 Å². The van der Waals surface area contributed by atoms with Gasteiger partial charge in [0, 0.05) is 17.5 Å². The highest BCUT2D eigenvalue weighted by Gasteiger charge is 2.35. The molecule has 0 unspecified atom stereocenters. The van der Waals surface area contributed by atoms with Crippen molar-refractivity contribution in [2.75, 3.05) is 24.7 Å². The topological polar surface area (TPSA) is 51.2 Å². The highest BCUT2D eigenvalue weighted by Crippen LogP contribution is 2.42. The van der Waals surface area contributed by atoms with Crippen molar-refractivity contribution < 1.29 is 9.53 Å². The number of hydrogen-bond acceptors (Lipinski definition) is 5. The van der Waals surface area contributed by atoms with E-state index in [1.54, 1.807) is 19.2 Å². The predicted molar refractivity (Wildman–Crippen MR) is 78.8 cm³/mol. The van der Waals surface area contributed by atoms with Gasteiger partial charge in [0.1, 0.15) is 5.82 Å². The van der Waals surface area contributed by atoms with Crippen LogP contribution in [0.5, 0.6) is 0 Å². The first-order chi connectivity index (χ1) is 9.19. The van der Waals surface area contributed by atoms with Crippen molar-refractivity contribution in [2.45, 2.75) is 30.9 Å². The van der Waals surface area contributed by atoms with Gasteiger partial charge in [-0.1, -0.05) is 6.42 Å². The number of aromatic nitrogens is 1. The van der Waals surface area contributed by atoms with Gasteiger partial charge in [0.15, 0.2) is 0 Å². The summed E-state index contributed by atoms with van der Waals surface area (Å²) >= 11 is 1.93. The van der Waals surface area contributed by atoms with Crippen LogP contribution in [0, 0.1) is 0 Å². The zero-order valence-electron chi connectivity index (χ0n) is 11.4. The van der Waals surface area contributed by atoms with Gasteiger partial charge >= 0.3 is 5.97 Å². The van der Waals surface area contributed by atoms with Crippen LogP contribution in [0.3, 0.4) is 0 Å². The van der Waals surface area contributed by atoms with E-state index in [0.717, 1.165) is 12.4 Å². The first-order valence-electron chi connectivity index (χ1n) is 6.61. The highest BCUT2D eigenvalue weighted by molar-refractivity contribution is 8.00. The molecule has 0 atom stereocenters. The van der Waals surface area contributed by atoms with E-state index in [9.17, 15) is 4.79 Å². The molecular formula is C14H20N2O2S. The average molecular weight is 280 g/mol. The Morgan fingerprint density at radius 2 is 2.32 bits per heavy atom. The molecule has 2 rings (SSSR count). The van der Waals surface area contributed by atoms with E-state index in [1.165, 1.54) is 19.3 Å². The minimum absolute atomic E-state index is 0.318. The van der Waals surface area contributed by atoms with E-state index >= 15 is 0 Å². The molecule has 0 spiro atoms. The Hall–Kier alpha value is -1.23. The zero-order chi connectivity index (χ0) is 13.7. The van der Waals surface area contributed by atoms with Gasteiger partial charge in [-0.3, -0.25) is 0 Å². The molecule has 5 heteroatoms. The van der Waals surface area contributed by atoms with E-state index in [0.29, 0.717) is 16.9 Å². The van der Waals surface area contributed by atoms with Crippen LogP contribution < -0.4 is 5.32 Å². The molecule has 4 nitrogen and oxygen atoms in total. The van der Waals surface area contributed by atoms with Crippen LogP contribution in [-0.4, -0.2) is 35.1 Å². The van der Waals surface area contributed by atoms with Crippen molar-refractivity contribution in [1.82, 2.24) is 4.98 Å². The largest absolute Gasteiger partial charge is 0.462 e. The van der Waals surface area contributed by atoms with E-state index in [-0.39, 0.29) is 5.97 Å². The maximum Gasteiger partial charge on any atom is 0.339 e. The number of rotatable bonds is 6. The Balaban J connectivity index is 1.90. The third-order valence-corrected chi connectivity index (χ3v) is 4.98. The number of thioether (sulfide) groups is 1. The molecule has 104 valence electrons. The van der Waals surface area contributed by atoms with E-state index in [4.69, 9.17) is 4.74 Å². The van der Waals surface area contributed by atoms with Gasteiger partial charge in [-0.25, -0.2) is 9.78 Å². The monoisotopic (exact) mass is 280 g/mol. The lowest BCUT2D eigenvalue weighted by molar-refractivity contribution is 0.0526. The molecule has 0 amide bonds. The molecule has 19 heavy (non-hydrogen) atoms. The number of hydrogen-bond donors (Lipinski definition) is 1. The summed E-state index contributed by atoms with van der Waals surface area (Å²) in [6, 6.07) is 3.58. The van der Waals surface area contributed by atoms with Crippen molar-refractivity contribution in [3.63, 3.8) is 0 Å². The fraction of sp³-hybridized carbons (Fsp3) is 0.571. The lowest BCUT2D eigenvalue weighted by atomic mass is 9.84. The minimum Gasteiger partial charge on any atom is -0.462 e. The van der Waals surface area contributed by atoms with Gasteiger partial charge in [0.05, 0.1) is 12.2 Å². The molecule has 0 radical (unpaired) electrons. The molecular weight excluding hydrogens is 260 g/mol. The Bertz CT molecular complexity index is 424. The summed E-state index contributed by atoms with van der Waals surface area (Å²) in [5.41, 5.74) is 0.496. The molecule has 1 aliphatic rings. The van der Waals surface area contributed by atoms with E-state index < -0.39 is 0 Å². The lowest BCUT2D eigenvalue weighted by Crippen LogP contribution is -2.40. The Morgan fingerprint density at radius 1 is 1.53 bits per heavy atom. The second kappa shape index (κ2) is 6.28. The van der Waals surface area contributed by atoms with E-state index in [1.807, 2.05) is 17.8 Å². The van der Waals surface area contributed by atoms with Crippen molar-refractivity contribution in [3.8, 4) is 0 Å². The quantitative estimate of drug-likeness (QED) is 0.812. The van der Waals surface area contributed by atoms with Crippen molar-refractivity contribution >= 4 is 23.5 Å². The SMILES string of the molecule is CCOC(=O)c1ccc(NCC2(SC)CCC2)nc1. The Labute approximate surface area is 118 Å². The summed E-state index contributed by atoms with van der Waals surface area (Å²) < 4.78 is 5.30. The normalized spacial score (nSPS) is 16.5. The number of nitrogens with one attached hydrogen (secondary N) is 1. The van der Waals surface area contributed by atoms with Gasteiger partial charge < -0.3 is 10.1 Å². The van der Waals surface area contributed by atoms with Crippen LogP contribution in [0.4, 0.5) is 5.82 Å². The summed E-state index contributed by atoms with van der Waals surface area (Å²) in [5, 5.41) is 3.35. The molecule has 0 saturated heterocycles. The molecule has 1 saturated carbocycles. The van der Waals surface area contributed by atoms with Gasteiger partial charge in [-0.15, -0.1) is 0 Å². The standard InChI is InChI=1S/C14H20N2O2S/c1-3-18-13(17)11-5-6-12(15-9-11)16-10-14(19-2)7-4-8-14/h5-6,9H,3-4,7-8,10H2,1-2H3,(H,15,16). The van der Waals surface area contributed by atoms with Crippen LogP contribution in [0.15, 0.2) is 18.3 Å². The molecule has 1 aromatic heterocycles. The van der Waals surface area contributed by atoms with Gasteiger partial charge in [-0.2, -0.15) is 11.8 Å². The smallest absolute Gasteiger partial charge is 0.339 e. The number of carbonyl (C=O) groups is 1. The van der Waals surface area contributed by atoms with Crippen molar-refractivity contribution in [2.24, 2.45) is 0 Å². The molecule has 1 aromatic rings. The molecule has 0 bridgehead atoms. The molecule has 1 heterocycles. The number of pyridine rings is 1. The fourth-order valence-electron chi connectivity index (χ4n) is 2.11. The summed E-state index contributed by atoms with van der Waals surface area (Å²) in [7, 11) is 0. The number of esters is 1. The summed E-state index contributed by atoms with van der Waals surface area (Å²) in [5.74, 6) is 0.495. The number of anilines is 1. The van der Waals surface area contributed by atoms with E-state index in [2.05, 4.69) is 16.6 Å². The Kier molecular flexibility index (Phi) is 4.69. The summed E-state index contributed by atoms with van der Waals surface area (Å²) in [4.78, 5) is 15.7. The van der Waals surface area contributed by atoms with Crippen LogP contribution in [0.1, 0.15) is 36.5 Å². The molecule has 1 N–H and O–H groups in total. The second-order valence-corrected chi connectivity index (χ2v) is 6.02. The molecule has 1 fully saturated rings. The maximum absolute atomic E-state index is 11.5. The average Bonchev–Trinajstić information content (AvgIpc) is 2.39. The summed E-state index contributed by atoms with van der Waals surface area (Å²) in [6.07, 6.45) is 7.58. The third kappa shape index (κ3) is 3.41. The fourth-order valence-corrected chi connectivity index (χ4v) is 3.02. The molecule has 0 aromatic carbocycles. The van der Waals surface area contributed by atoms with Crippen LogP contribution in [-0.2, 0) is 4.74 Å². The van der Waals surface area contributed by atoms with Gasteiger partial charge in [0.25, 0.3) is 0 Å². The summed E-state index contributed by atoms with van der Waals surface area (Å²) in [6.45, 7) is 3.11. The lowest BCUT2D eigenvalue weighted by Gasteiger charge is -2.40. The van der Waals surface area contributed by atoms with Crippen molar-refractivity contribution in [1.29, 1.82) is 0 Å². The maximum atomic E-state index is 11.5. The number of nitrogens with zero attached hydrogens (tertiary/aromatic N) is 1. The zero-order valence-corrected chi connectivity index (χ0v) is 12.3. The first-order valence-corrected chi connectivity index (χ1v) is 7.84. The molecule has 1 aliphatic carbocycles. The first kappa shape index (κ1) is 14.2.